The van der Waals surface area contributed by atoms with Gasteiger partial charge in [0.1, 0.15) is 5.69 Å². The maximum atomic E-state index is 13.3. The highest BCUT2D eigenvalue weighted by Gasteiger charge is 2.39. The Morgan fingerprint density at radius 1 is 1.35 bits per heavy atom. The second kappa shape index (κ2) is 6.16. The first-order valence-electron chi connectivity index (χ1n) is 7.24. The van der Waals surface area contributed by atoms with Crippen LogP contribution in [0, 0.1) is 5.92 Å². The van der Waals surface area contributed by atoms with E-state index < -0.39 is 11.9 Å². The summed E-state index contributed by atoms with van der Waals surface area (Å²) < 4.78 is 41.1. The van der Waals surface area contributed by atoms with Crippen LogP contribution in [-0.2, 0) is 12.7 Å². The molecular weight excluding hydrogens is 267 g/mol. The molecule has 1 N–H and O–H groups in total. The van der Waals surface area contributed by atoms with Crippen molar-refractivity contribution < 1.29 is 13.2 Å². The zero-order chi connectivity index (χ0) is 14.8. The van der Waals surface area contributed by atoms with Gasteiger partial charge < -0.3 is 5.32 Å². The van der Waals surface area contributed by atoms with Crippen molar-refractivity contribution in [1.82, 2.24) is 15.1 Å². The molecule has 2 rings (SSSR count). The zero-order valence-corrected chi connectivity index (χ0v) is 12.0. The Morgan fingerprint density at radius 3 is 2.55 bits per heavy atom. The third-order valence-electron chi connectivity index (χ3n) is 3.68. The lowest BCUT2D eigenvalue weighted by Gasteiger charge is -2.17. The number of nitrogens with one attached hydrogen (secondary N) is 1. The predicted molar refractivity (Wildman–Crippen MR) is 71.3 cm³/mol. The highest BCUT2D eigenvalue weighted by Crippen LogP contribution is 2.37. The molecule has 0 spiro atoms. The van der Waals surface area contributed by atoms with E-state index >= 15 is 0 Å². The van der Waals surface area contributed by atoms with Crippen molar-refractivity contribution in [3.63, 3.8) is 0 Å². The molecule has 1 heterocycles. The summed E-state index contributed by atoms with van der Waals surface area (Å²) in [6.07, 6.45) is 0.598. The maximum absolute atomic E-state index is 13.3. The maximum Gasteiger partial charge on any atom is 0.433 e. The summed E-state index contributed by atoms with van der Waals surface area (Å²) in [4.78, 5) is 0. The molecule has 20 heavy (non-hydrogen) atoms. The normalized spacial score (nSPS) is 17.3. The van der Waals surface area contributed by atoms with Crippen LogP contribution in [0.3, 0.4) is 0 Å². The molecule has 1 aliphatic rings. The van der Waals surface area contributed by atoms with Gasteiger partial charge in [-0.15, -0.1) is 0 Å². The number of aromatic nitrogens is 2. The third kappa shape index (κ3) is 3.53. The molecule has 1 aliphatic carbocycles. The van der Waals surface area contributed by atoms with Gasteiger partial charge in [-0.3, -0.25) is 4.68 Å². The molecule has 0 bridgehead atoms. The molecule has 1 fully saturated rings. The Morgan fingerprint density at radius 2 is 2.00 bits per heavy atom. The number of hydrogen-bond acceptors (Lipinski definition) is 2. The van der Waals surface area contributed by atoms with E-state index in [1.54, 1.807) is 0 Å². The molecule has 1 aromatic heterocycles. The lowest BCUT2D eigenvalue weighted by Crippen LogP contribution is -2.23. The summed E-state index contributed by atoms with van der Waals surface area (Å²) in [7, 11) is 0. The van der Waals surface area contributed by atoms with E-state index in [0.29, 0.717) is 12.5 Å². The van der Waals surface area contributed by atoms with Crippen LogP contribution < -0.4 is 5.32 Å². The quantitative estimate of drug-likeness (QED) is 0.894. The molecule has 0 unspecified atom stereocenters. The summed E-state index contributed by atoms with van der Waals surface area (Å²) >= 11 is 0. The monoisotopic (exact) mass is 289 g/mol. The van der Waals surface area contributed by atoms with Gasteiger partial charge in [0.05, 0.1) is 12.2 Å². The average molecular weight is 289 g/mol. The van der Waals surface area contributed by atoms with Gasteiger partial charge in [0.25, 0.3) is 0 Å². The third-order valence-corrected chi connectivity index (χ3v) is 3.68. The SMILES string of the molecule is CC(C)CNCc1cnn(C2CCCC2)c1C(F)(F)F. The van der Waals surface area contributed by atoms with E-state index in [1.807, 2.05) is 13.8 Å². The first-order valence-corrected chi connectivity index (χ1v) is 7.24. The zero-order valence-electron chi connectivity index (χ0n) is 12.0. The van der Waals surface area contributed by atoms with Crippen LogP contribution >= 0.6 is 0 Å². The molecular formula is C14H22F3N3. The van der Waals surface area contributed by atoms with Crippen LogP contribution in [0.15, 0.2) is 6.20 Å². The Kier molecular flexibility index (Phi) is 4.73. The first-order chi connectivity index (χ1) is 9.39. The van der Waals surface area contributed by atoms with E-state index in [1.165, 1.54) is 10.9 Å². The smallest absolute Gasteiger partial charge is 0.312 e. The minimum absolute atomic E-state index is 0.0922. The van der Waals surface area contributed by atoms with Gasteiger partial charge in [0, 0.05) is 12.1 Å². The molecule has 3 nitrogen and oxygen atoms in total. The fourth-order valence-corrected chi connectivity index (χ4v) is 2.76. The van der Waals surface area contributed by atoms with Gasteiger partial charge in [-0.25, -0.2) is 0 Å². The summed E-state index contributed by atoms with van der Waals surface area (Å²) in [5, 5.41) is 7.08. The minimum Gasteiger partial charge on any atom is -0.312 e. The Labute approximate surface area is 117 Å². The summed E-state index contributed by atoms with van der Waals surface area (Å²) in [5.74, 6) is 0.411. The van der Waals surface area contributed by atoms with E-state index in [2.05, 4.69) is 10.4 Å². The van der Waals surface area contributed by atoms with Crippen molar-refractivity contribution in [3.8, 4) is 0 Å². The van der Waals surface area contributed by atoms with E-state index in [0.717, 1.165) is 25.7 Å². The fourth-order valence-electron chi connectivity index (χ4n) is 2.76. The molecule has 0 atom stereocenters. The molecule has 1 aromatic rings. The molecule has 1 saturated carbocycles. The van der Waals surface area contributed by atoms with Gasteiger partial charge in [-0.2, -0.15) is 18.3 Å². The predicted octanol–water partition coefficient (Wildman–Crippen LogP) is 3.76. The van der Waals surface area contributed by atoms with Crippen LogP contribution in [0.25, 0.3) is 0 Å². The van der Waals surface area contributed by atoms with E-state index in [4.69, 9.17) is 0 Å². The van der Waals surface area contributed by atoms with Crippen molar-refractivity contribution in [3.05, 3.63) is 17.5 Å². The Balaban J connectivity index is 2.19. The molecule has 0 radical (unpaired) electrons. The average Bonchev–Trinajstić information content (AvgIpc) is 2.94. The summed E-state index contributed by atoms with van der Waals surface area (Å²) in [6, 6.07) is -0.0922. The number of nitrogens with zero attached hydrogens (tertiary/aromatic N) is 2. The van der Waals surface area contributed by atoms with Gasteiger partial charge in [-0.1, -0.05) is 26.7 Å². The van der Waals surface area contributed by atoms with Crippen molar-refractivity contribution in [2.75, 3.05) is 6.54 Å². The molecule has 0 aromatic carbocycles. The lowest BCUT2D eigenvalue weighted by atomic mass is 10.2. The summed E-state index contributed by atoms with van der Waals surface area (Å²) in [6.45, 7) is 4.98. The highest BCUT2D eigenvalue weighted by molar-refractivity contribution is 5.21. The van der Waals surface area contributed by atoms with Gasteiger partial charge in [-0.05, 0) is 25.3 Å². The number of halogens is 3. The van der Waals surface area contributed by atoms with Gasteiger partial charge >= 0.3 is 6.18 Å². The van der Waals surface area contributed by atoms with Crippen molar-refractivity contribution in [2.45, 2.75) is 58.3 Å². The lowest BCUT2D eigenvalue weighted by molar-refractivity contribution is -0.145. The molecule has 0 amide bonds. The highest BCUT2D eigenvalue weighted by atomic mass is 19.4. The minimum atomic E-state index is -4.34. The number of rotatable bonds is 5. The first kappa shape index (κ1) is 15.4. The van der Waals surface area contributed by atoms with Crippen LogP contribution in [-0.4, -0.2) is 16.3 Å². The van der Waals surface area contributed by atoms with E-state index in [9.17, 15) is 13.2 Å². The van der Waals surface area contributed by atoms with Gasteiger partial charge in [0.15, 0.2) is 0 Å². The topological polar surface area (TPSA) is 29.9 Å². The van der Waals surface area contributed by atoms with Crippen LogP contribution in [0.2, 0.25) is 0 Å². The van der Waals surface area contributed by atoms with Crippen molar-refractivity contribution in [2.24, 2.45) is 5.92 Å². The molecule has 114 valence electrons. The largest absolute Gasteiger partial charge is 0.433 e. The Bertz CT molecular complexity index is 431. The van der Waals surface area contributed by atoms with Crippen LogP contribution in [0.1, 0.15) is 56.8 Å². The fraction of sp³-hybridized carbons (Fsp3) is 0.786. The number of alkyl halides is 3. The van der Waals surface area contributed by atoms with Crippen LogP contribution in [0.5, 0.6) is 0 Å². The van der Waals surface area contributed by atoms with Crippen molar-refractivity contribution >= 4 is 0 Å². The van der Waals surface area contributed by atoms with Crippen LogP contribution in [0.4, 0.5) is 13.2 Å². The Hall–Kier alpha value is -1.04. The molecule has 0 aliphatic heterocycles. The second-order valence-electron chi connectivity index (χ2n) is 5.92. The number of hydrogen-bond donors (Lipinski definition) is 1. The molecule has 6 heteroatoms. The second-order valence-corrected chi connectivity index (χ2v) is 5.92. The van der Waals surface area contributed by atoms with Crippen molar-refractivity contribution in [1.29, 1.82) is 0 Å². The van der Waals surface area contributed by atoms with E-state index in [-0.39, 0.29) is 18.2 Å². The standard InChI is InChI=1S/C14H22F3N3/c1-10(2)7-18-8-11-9-19-20(12-5-3-4-6-12)13(11)14(15,16)17/h9-10,12,18H,3-8H2,1-2H3. The van der Waals surface area contributed by atoms with Gasteiger partial charge in [0.2, 0.25) is 0 Å². The summed E-state index contributed by atoms with van der Waals surface area (Å²) in [5.41, 5.74) is -0.314. The molecule has 0 saturated heterocycles.